The third-order valence-electron chi connectivity index (χ3n) is 7.32. The summed E-state index contributed by atoms with van der Waals surface area (Å²) in [6.45, 7) is 2.31. The highest BCUT2D eigenvalue weighted by Crippen LogP contribution is 2.35. The van der Waals surface area contributed by atoms with E-state index in [4.69, 9.17) is 27.9 Å². The Bertz CT molecular complexity index is 1370. The molecule has 0 aromatic heterocycles. The van der Waals surface area contributed by atoms with Crippen molar-refractivity contribution in [3.63, 3.8) is 0 Å². The van der Waals surface area contributed by atoms with E-state index in [1.807, 2.05) is 71.6 Å². The largest absolute Gasteiger partial charge is 0.375 e. The van der Waals surface area contributed by atoms with E-state index in [9.17, 15) is 13.2 Å². The number of carbonyl (C=O) groups excluding carboxylic acids is 1. The van der Waals surface area contributed by atoms with E-state index in [0.29, 0.717) is 55.7 Å². The lowest BCUT2D eigenvalue weighted by molar-refractivity contribution is -0.137. The average Bonchev–Trinajstić information content (AvgIpc) is 2.96. The van der Waals surface area contributed by atoms with Crippen LogP contribution >= 0.6 is 23.2 Å². The normalized spacial score (nSPS) is 16.0. The number of amides is 1. The Morgan fingerprint density at radius 1 is 0.950 bits per heavy atom. The van der Waals surface area contributed by atoms with Gasteiger partial charge in [-0.3, -0.25) is 10.1 Å². The maximum Gasteiger partial charge on any atom is 0.242 e. The first kappa shape index (κ1) is 30.5. The van der Waals surface area contributed by atoms with Crippen LogP contribution < -0.4 is 10.0 Å². The standard InChI is InChI=1S/C30H35Cl2N3O4S/c1-40(37,38)34-22-30(25-10-6-3-7-11-25)14-16-35(17-15-30)29(36)28(33-19-23-8-4-2-5-9-23)21-39-20-24-12-13-26(31)27(32)18-24/h2-13,18,28,33-34H,14-17,19-22H2,1H3/t28-/m0/s1. The van der Waals surface area contributed by atoms with E-state index in [1.165, 1.54) is 6.26 Å². The van der Waals surface area contributed by atoms with Crippen molar-refractivity contribution in [2.45, 2.75) is 37.5 Å². The molecule has 0 radical (unpaired) electrons. The maximum atomic E-state index is 13.8. The van der Waals surface area contributed by atoms with Crippen LogP contribution in [0.3, 0.4) is 0 Å². The van der Waals surface area contributed by atoms with Crippen LogP contribution in [0.2, 0.25) is 10.0 Å². The molecule has 1 aliphatic heterocycles. The SMILES string of the molecule is CS(=O)(=O)NCC1(c2ccccc2)CCN(C(=O)[C@H](COCc2ccc(Cl)c(Cl)c2)NCc2ccccc2)CC1. The van der Waals surface area contributed by atoms with Crippen molar-refractivity contribution >= 4 is 39.1 Å². The summed E-state index contributed by atoms with van der Waals surface area (Å²) in [7, 11) is -3.36. The molecule has 0 unspecified atom stereocenters. The summed E-state index contributed by atoms with van der Waals surface area (Å²) < 4.78 is 32.5. The van der Waals surface area contributed by atoms with Crippen LogP contribution in [0.5, 0.6) is 0 Å². The lowest BCUT2D eigenvalue weighted by atomic mass is 9.73. The Morgan fingerprint density at radius 3 is 2.23 bits per heavy atom. The molecule has 214 valence electrons. The minimum absolute atomic E-state index is 0.0391. The van der Waals surface area contributed by atoms with Gasteiger partial charge in [-0.1, -0.05) is 89.9 Å². The van der Waals surface area contributed by atoms with Gasteiger partial charge in [0.15, 0.2) is 0 Å². The van der Waals surface area contributed by atoms with Crippen molar-refractivity contribution in [2.24, 2.45) is 0 Å². The topological polar surface area (TPSA) is 87.7 Å². The van der Waals surface area contributed by atoms with Gasteiger partial charge in [0.05, 0.1) is 29.5 Å². The first-order valence-electron chi connectivity index (χ1n) is 13.2. The second-order valence-corrected chi connectivity index (χ2v) is 12.9. The summed E-state index contributed by atoms with van der Waals surface area (Å²) >= 11 is 12.2. The quantitative estimate of drug-likeness (QED) is 0.311. The van der Waals surface area contributed by atoms with Gasteiger partial charge in [-0.05, 0) is 41.7 Å². The van der Waals surface area contributed by atoms with E-state index >= 15 is 0 Å². The van der Waals surface area contributed by atoms with Crippen molar-refractivity contribution in [1.29, 1.82) is 0 Å². The van der Waals surface area contributed by atoms with Crippen molar-refractivity contribution in [2.75, 3.05) is 32.5 Å². The van der Waals surface area contributed by atoms with Crippen LogP contribution in [0.4, 0.5) is 0 Å². The molecule has 0 saturated carbocycles. The van der Waals surface area contributed by atoms with Gasteiger partial charge in [0.2, 0.25) is 15.9 Å². The number of ether oxygens (including phenoxy) is 1. The average molecular weight is 605 g/mol. The third-order valence-corrected chi connectivity index (χ3v) is 8.73. The maximum absolute atomic E-state index is 13.8. The third kappa shape index (κ3) is 8.52. The number of piperidine rings is 1. The predicted octanol–water partition coefficient (Wildman–Crippen LogP) is 4.78. The zero-order valence-electron chi connectivity index (χ0n) is 22.5. The lowest BCUT2D eigenvalue weighted by Crippen LogP contribution is -2.55. The second kappa shape index (κ2) is 13.9. The fourth-order valence-corrected chi connectivity index (χ4v) is 5.84. The van der Waals surface area contributed by atoms with E-state index in [1.54, 1.807) is 12.1 Å². The highest BCUT2D eigenvalue weighted by Gasteiger charge is 2.39. The number of rotatable bonds is 12. The molecule has 3 aromatic carbocycles. The van der Waals surface area contributed by atoms with E-state index < -0.39 is 21.5 Å². The van der Waals surface area contributed by atoms with E-state index in [0.717, 1.165) is 16.7 Å². The zero-order valence-corrected chi connectivity index (χ0v) is 24.8. The molecular weight excluding hydrogens is 569 g/mol. The van der Waals surface area contributed by atoms with Gasteiger partial charge in [0.25, 0.3) is 0 Å². The minimum atomic E-state index is -3.36. The summed E-state index contributed by atoms with van der Waals surface area (Å²) in [5.74, 6) is -0.0391. The van der Waals surface area contributed by atoms with Crippen LogP contribution in [0.15, 0.2) is 78.9 Å². The second-order valence-electron chi connectivity index (χ2n) is 10.2. The van der Waals surface area contributed by atoms with Gasteiger partial charge in [-0.15, -0.1) is 0 Å². The molecule has 7 nitrogen and oxygen atoms in total. The Morgan fingerprint density at radius 2 is 1.60 bits per heavy atom. The highest BCUT2D eigenvalue weighted by molar-refractivity contribution is 7.88. The molecule has 1 aliphatic rings. The fraction of sp³-hybridized carbons (Fsp3) is 0.367. The van der Waals surface area contributed by atoms with Crippen molar-refractivity contribution in [3.05, 3.63) is 106 Å². The molecule has 0 bridgehead atoms. The van der Waals surface area contributed by atoms with Crippen LogP contribution in [-0.2, 0) is 38.1 Å². The van der Waals surface area contributed by atoms with Crippen molar-refractivity contribution in [3.8, 4) is 0 Å². The smallest absolute Gasteiger partial charge is 0.242 e. The van der Waals surface area contributed by atoms with Gasteiger partial charge in [0.1, 0.15) is 6.04 Å². The molecule has 1 atom stereocenters. The number of sulfonamides is 1. The molecule has 3 aromatic rings. The number of halogens is 2. The summed E-state index contributed by atoms with van der Waals surface area (Å²) in [6, 6.07) is 24.6. The van der Waals surface area contributed by atoms with Crippen molar-refractivity contribution < 1.29 is 17.9 Å². The number of benzene rings is 3. The molecular formula is C30H35Cl2N3O4S. The van der Waals surface area contributed by atoms with Crippen LogP contribution in [0.1, 0.15) is 29.5 Å². The van der Waals surface area contributed by atoms with Crippen LogP contribution in [0, 0.1) is 0 Å². The molecule has 1 saturated heterocycles. The molecule has 1 amide bonds. The molecule has 1 fully saturated rings. The zero-order chi connectivity index (χ0) is 28.6. The monoisotopic (exact) mass is 603 g/mol. The van der Waals surface area contributed by atoms with Gasteiger partial charge >= 0.3 is 0 Å². The Labute approximate surface area is 246 Å². The number of nitrogens with zero attached hydrogens (tertiary/aromatic N) is 1. The fourth-order valence-electron chi connectivity index (χ4n) is 4.98. The number of carbonyl (C=O) groups is 1. The number of likely N-dealkylation sites (tertiary alicyclic amines) is 1. The first-order valence-corrected chi connectivity index (χ1v) is 15.9. The van der Waals surface area contributed by atoms with Gasteiger partial charge in [-0.2, -0.15) is 0 Å². The number of nitrogens with one attached hydrogen (secondary N) is 2. The molecule has 40 heavy (non-hydrogen) atoms. The summed E-state index contributed by atoms with van der Waals surface area (Å²) in [5, 5.41) is 4.32. The minimum Gasteiger partial charge on any atom is -0.375 e. The molecule has 10 heteroatoms. The predicted molar refractivity (Wildman–Crippen MR) is 160 cm³/mol. The highest BCUT2D eigenvalue weighted by atomic mass is 35.5. The van der Waals surface area contributed by atoms with Gasteiger partial charge in [-0.25, -0.2) is 13.1 Å². The molecule has 1 heterocycles. The van der Waals surface area contributed by atoms with Crippen LogP contribution in [-0.4, -0.2) is 57.8 Å². The lowest BCUT2D eigenvalue weighted by Gasteiger charge is -2.43. The Kier molecular flexibility index (Phi) is 10.6. The van der Waals surface area contributed by atoms with E-state index in [2.05, 4.69) is 10.0 Å². The molecule has 0 spiro atoms. The summed E-state index contributed by atoms with van der Waals surface area (Å²) in [5.41, 5.74) is 2.62. The molecule has 0 aliphatic carbocycles. The molecule has 4 rings (SSSR count). The Balaban J connectivity index is 1.44. The van der Waals surface area contributed by atoms with E-state index in [-0.39, 0.29) is 12.5 Å². The number of hydrogen-bond donors (Lipinski definition) is 2. The molecule has 2 N–H and O–H groups in total. The van der Waals surface area contributed by atoms with Gasteiger partial charge < -0.3 is 9.64 Å². The van der Waals surface area contributed by atoms with Crippen LogP contribution in [0.25, 0.3) is 0 Å². The van der Waals surface area contributed by atoms with Crippen molar-refractivity contribution in [1.82, 2.24) is 14.9 Å². The summed E-state index contributed by atoms with van der Waals surface area (Å²) in [4.78, 5) is 15.6. The number of hydrogen-bond acceptors (Lipinski definition) is 5. The summed E-state index contributed by atoms with van der Waals surface area (Å²) in [6.07, 6.45) is 2.45. The first-order chi connectivity index (χ1) is 19.2. The van der Waals surface area contributed by atoms with Gasteiger partial charge in [0, 0.05) is 31.6 Å². The Hall–Kier alpha value is -2.46.